The second-order valence-electron chi connectivity index (χ2n) is 5.17. The first-order valence-electron chi connectivity index (χ1n) is 6.91. The van der Waals surface area contributed by atoms with Gasteiger partial charge in [0.2, 0.25) is 0 Å². The zero-order chi connectivity index (χ0) is 15.5. The largest absolute Gasteiger partial charge is 0.497 e. The molecule has 0 bridgehead atoms. The number of carbonyl (C=O) groups is 1. The first-order valence-corrected chi connectivity index (χ1v) is 6.91. The van der Waals surface area contributed by atoms with E-state index in [4.69, 9.17) is 14.2 Å². The van der Waals surface area contributed by atoms with Crippen molar-refractivity contribution in [2.24, 2.45) is 0 Å². The van der Waals surface area contributed by atoms with E-state index in [1.165, 1.54) is 0 Å². The Balaban J connectivity index is 2.29. The van der Waals surface area contributed by atoms with Crippen molar-refractivity contribution >= 4 is 11.7 Å². The molecule has 1 aromatic carbocycles. The van der Waals surface area contributed by atoms with Crippen LogP contribution in [-0.2, 0) is 14.3 Å². The first kappa shape index (κ1) is 15.2. The van der Waals surface area contributed by atoms with Gasteiger partial charge in [-0.3, -0.25) is 0 Å². The van der Waals surface area contributed by atoms with Crippen LogP contribution in [0.2, 0.25) is 0 Å². The SMILES string of the molecule is CCOC(=O)C1=CC=C(c2ccc(OC)cc2)OC1(C)C. The standard InChI is InChI=1S/C17H20O4/c1-5-20-16(18)14-10-11-15(21-17(14,2)3)12-6-8-13(19-4)9-7-12/h6-11H,5H2,1-4H3. The lowest BCUT2D eigenvalue weighted by molar-refractivity contribution is -0.140. The summed E-state index contributed by atoms with van der Waals surface area (Å²) in [5.74, 6) is 1.17. The molecule has 0 aliphatic carbocycles. The van der Waals surface area contributed by atoms with Gasteiger partial charge in [0.1, 0.15) is 17.1 Å². The fourth-order valence-corrected chi connectivity index (χ4v) is 2.16. The lowest BCUT2D eigenvalue weighted by Gasteiger charge is -2.32. The maximum Gasteiger partial charge on any atom is 0.338 e. The molecule has 0 radical (unpaired) electrons. The number of esters is 1. The Kier molecular flexibility index (Phi) is 4.36. The molecule has 21 heavy (non-hydrogen) atoms. The molecule has 0 amide bonds. The topological polar surface area (TPSA) is 44.8 Å². The number of rotatable bonds is 4. The lowest BCUT2D eigenvalue weighted by Crippen LogP contribution is -2.33. The second-order valence-corrected chi connectivity index (χ2v) is 5.17. The average molecular weight is 288 g/mol. The van der Waals surface area contributed by atoms with E-state index >= 15 is 0 Å². The van der Waals surface area contributed by atoms with Crippen LogP contribution in [0.3, 0.4) is 0 Å². The highest BCUT2D eigenvalue weighted by atomic mass is 16.5. The van der Waals surface area contributed by atoms with Crippen molar-refractivity contribution in [1.29, 1.82) is 0 Å². The van der Waals surface area contributed by atoms with Crippen molar-refractivity contribution in [1.82, 2.24) is 0 Å². The maximum atomic E-state index is 11.9. The Hall–Kier alpha value is -2.23. The lowest BCUT2D eigenvalue weighted by atomic mass is 9.94. The average Bonchev–Trinajstić information content (AvgIpc) is 2.46. The van der Waals surface area contributed by atoms with Crippen molar-refractivity contribution < 1.29 is 19.0 Å². The van der Waals surface area contributed by atoms with E-state index in [0.717, 1.165) is 17.1 Å². The quantitative estimate of drug-likeness (QED) is 0.797. The summed E-state index contributed by atoms with van der Waals surface area (Å²) in [7, 11) is 1.63. The summed E-state index contributed by atoms with van der Waals surface area (Å²) >= 11 is 0. The molecule has 0 unspecified atom stereocenters. The minimum Gasteiger partial charge on any atom is -0.497 e. The number of benzene rings is 1. The van der Waals surface area contributed by atoms with Crippen LogP contribution in [0.4, 0.5) is 0 Å². The van der Waals surface area contributed by atoms with Gasteiger partial charge in [-0.2, -0.15) is 0 Å². The zero-order valence-electron chi connectivity index (χ0n) is 12.8. The number of carbonyl (C=O) groups excluding carboxylic acids is 1. The van der Waals surface area contributed by atoms with Crippen LogP contribution < -0.4 is 4.74 Å². The Labute approximate surface area is 125 Å². The van der Waals surface area contributed by atoms with Gasteiger partial charge in [0.25, 0.3) is 0 Å². The molecule has 2 rings (SSSR count). The van der Waals surface area contributed by atoms with Gasteiger partial charge in [-0.05, 0) is 57.2 Å². The third-order valence-electron chi connectivity index (χ3n) is 3.28. The summed E-state index contributed by atoms with van der Waals surface area (Å²) in [5.41, 5.74) is 0.723. The molecular formula is C17H20O4. The summed E-state index contributed by atoms with van der Waals surface area (Å²) in [4.78, 5) is 11.9. The summed E-state index contributed by atoms with van der Waals surface area (Å²) in [6, 6.07) is 7.59. The van der Waals surface area contributed by atoms with Crippen molar-refractivity contribution in [3.05, 3.63) is 47.6 Å². The van der Waals surface area contributed by atoms with E-state index in [-0.39, 0.29) is 5.97 Å². The van der Waals surface area contributed by atoms with Crippen LogP contribution in [0.15, 0.2) is 42.0 Å². The van der Waals surface area contributed by atoms with Crippen LogP contribution in [0.25, 0.3) is 5.76 Å². The highest BCUT2D eigenvalue weighted by molar-refractivity contribution is 5.92. The van der Waals surface area contributed by atoms with Crippen molar-refractivity contribution in [2.75, 3.05) is 13.7 Å². The maximum absolute atomic E-state index is 11.9. The predicted molar refractivity (Wildman–Crippen MR) is 80.9 cm³/mol. The van der Waals surface area contributed by atoms with Crippen molar-refractivity contribution in [3.63, 3.8) is 0 Å². The molecule has 0 aromatic heterocycles. The Morgan fingerprint density at radius 2 is 1.86 bits per heavy atom. The summed E-state index contributed by atoms with van der Waals surface area (Å²) in [5, 5.41) is 0. The molecule has 0 spiro atoms. The molecule has 4 heteroatoms. The minimum absolute atomic E-state index is 0.340. The second kappa shape index (κ2) is 6.04. The van der Waals surface area contributed by atoms with Crippen LogP contribution >= 0.6 is 0 Å². The van der Waals surface area contributed by atoms with Crippen LogP contribution in [0, 0.1) is 0 Å². The van der Waals surface area contributed by atoms with Gasteiger partial charge in [0.05, 0.1) is 19.3 Å². The summed E-state index contributed by atoms with van der Waals surface area (Å²) in [6.07, 6.45) is 3.56. The van der Waals surface area contributed by atoms with Gasteiger partial charge in [-0.1, -0.05) is 0 Å². The molecule has 0 fully saturated rings. The van der Waals surface area contributed by atoms with Gasteiger partial charge in [0.15, 0.2) is 0 Å². The van der Waals surface area contributed by atoms with Gasteiger partial charge in [0, 0.05) is 5.56 Å². The van der Waals surface area contributed by atoms with E-state index in [1.807, 2.05) is 38.1 Å². The van der Waals surface area contributed by atoms with Crippen molar-refractivity contribution in [3.8, 4) is 5.75 Å². The Morgan fingerprint density at radius 3 is 2.38 bits per heavy atom. The normalized spacial score (nSPS) is 16.4. The number of methoxy groups -OCH3 is 1. The highest BCUT2D eigenvalue weighted by Crippen LogP contribution is 2.34. The molecule has 112 valence electrons. The molecule has 0 N–H and O–H groups in total. The smallest absolute Gasteiger partial charge is 0.338 e. The van der Waals surface area contributed by atoms with Crippen molar-refractivity contribution in [2.45, 2.75) is 26.4 Å². The molecule has 4 nitrogen and oxygen atoms in total. The van der Waals surface area contributed by atoms with E-state index in [1.54, 1.807) is 26.2 Å². The van der Waals surface area contributed by atoms with E-state index in [0.29, 0.717) is 12.2 Å². The summed E-state index contributed by atoms with van der Waals surface area (Å²) < 4.78 is 16.2. The molecule has 1 aromatic rings. The van der Waals surface area contributed by atoms with Gasteiger partial charge < -0.3 is 14.2 Å². The fourth-order valence-electron chi connectivity index (χ4n) is 2.16. The molecule has 1 heterocycles. The Bertz CT molecular complexity index is 579. The van der Waals surface area contributed by atoms with Gasteiger partial charge >= 0.3 is 5.97 Å². The first-order chi connectivity index (χ1) is 9.97. The third kappa shape index (κ3) is 3.27. The number of allylic oxidation sites excluding steroid dienone is 2. The van der Waals surface area contributed by atoms with E-state index in [2.05, 4.69) is 0 Å². The molecular weight excluding hydrogens is 268 g/mol. The van der Waals surface area contributed by atoms with Gasteiger partial charge in [-0.25, -0.2) is 4.79 Å². The number of ether oxygens (including phenoxy) is 3. The highest BCUT2D eigenvalue weighted by Gasteiger charge is 2.34. The van der Waals surface area contributed by atoms with Gasteiger partial charge in [-0.15, -0.1) is 0 Å². The molecule has 0 saturated carbocycles. The van der Waals surface area contributed by atoms with Crippen LogP contribution in [0.5, 0.6) is 5.75 Å². The van der Waals surface area contributed by atoms with Crippen LogP contribution in [0.1, 0.15) is 26.3 Å². The van der Waals surface area contributed by atoms with E-state index < -0.39 is 5.60 Å². The minimum atomic E-state index is -0.726. The zero-order valence-corrected chi connectivity index (χ0v) is 12.8. The predicted octanol–water partition coefficient (Wildman–Crippen LogP) is 3.33. The molecule has 1 aliphatic heterocycles. The van der Waals surface area contributed by atoms with E-state index in [9.17, 15) is 4.79 Å². The third-order valence-corrected chi connectivity index (χ3v) is 3.28. The fraction of sp³-hybridized carbons (Fsp3) is 0.353. The number of hydrogen-bond acceptors (Lipinski definition) is 4. The monoisotopic (exact) mass is 288 g/mol. The Morgan fingerprint density at radius 1 is 1.19 bits per heavy atom. The summed E-state index contributed by atoms with van der Waals surface area (Å²) in [6.45, 7) is 5.84. The molecule has 1 aliphatic rings. The number of hydrogen-bond donors (Lipinski definition) is 0. The molecule has 0 saturated heterocycles. The van der Waals surface area contributed by atoms with Crippen LogP contribution in [-0.4, -0.2) is 25.3 Å². The molecule has 0 atom stereocenters.